The predicted molar refractivity (Wildman–Crippen MR) is 79.5 cm³/mol. The summed E-state index contributed by atoms with van der Waals surface area (Å²) < 4.78 is 6.83. The second-order valence-electron chi connectivity index (χ2n) is 4.41. The van der Waals surface area contributed by atoms with Crippen LogP contribution in [0.3, 0.4) is 0 Å². The van der Waals surface area contributed by atoms with Crippen molar-refractivity contribution in [3.8, 4) is 11.6 Å². The number of rotatable bonds is 5. The molecule has 21 heavy (non-hydrogen) atoms. The second-order valence-corrected chi connectivity index (χ2v) is 4.41. The fourth-order valence-corrected chi connectivity index (χ4v) is 1.94. The normalized spacial score (nSPS) is 10.3. The fraction of sp³-hybridized carbons (Fsp3) is 0.133. The first-order valence-corrected chi connectivity index (χ1v) is 6.54. The van der Waals surface area contributed by atoms with Crippen LogP contribution in [0.15, 0.2) is 55.1 Å². The van der Waals surface area contributed by atoms with Crippen LogP contribution in [0.5, 0.6) is 5.88 Å². The number of aromatic nitrogens is 4. The predicted octanol–water partition coefficient (Wildman–Crippen LogP) is 2.28. The molecule has 0 atom stereocenters. The molecule has 2 aromatic heterocycles. The Balaban J connectivity index is 1.65. The number of ether oxygens (including phenoxy) is 1. The molecule has 0 fully saturated rings. The van der Waals surface area contributed by atoms with Crippen molar-refractivity contribution in [1.29, 1.82) is 0 Å². The van der Waals surface area contributed by atoms with Gasteiger partial charge < -0.3 is 10.1 Å². The Morgan fingerprint density at radius 3 is 2.71 bits per heavy atom. The highest BCUT2D eigenvalue weighted by Crippen LogP contribution is 2.14. The van der Waals surface area contributed by atoms with E-state index >= 15 is 0 Å². The van der Waals surface area contributed by atoms with E-state index in [0.29, 0.717) is 12.4 Å². The number of pyridine rings is 1. The molecule has 3 rings (SSSR count). The lowest BCUT2D eigenvalue weighted by molar-refractivity contribution is 0.396. The zero-order valence-electron chi connectivity index (χ0n) is 11.6. The van der Waals surface area contributed by atoms with Crippen LogP contribution < -0.4 is 10.1 Å². The Kier molecular flexibility index (Phi) is 3.77. The van der Waals surface area contributed by atoms with Gasteiger partial charge >= 0.3 is 0 Å². The zero-order valence-corrected chi connectivity index (χ0v) is 11.6. The molecular formula is C15H15N5O. The van der Waals surface area contributed by atoms with Crippen LogP contribution in [-0.2, 0) is 6.54 Å². The van der Waals surface area contributed by atoms with E-state index in [0.717, 1.165) is 17.1 Å². The van der Waals surface area contributed by atoms with Crippen LogP contribution >= 0.6 is 0 Å². The maximum atomic E-state index is 5.11. The van der Waals surface area contributed by atoms with Gasteiger partial charge in [-0.3, -0.25) is 0 Å². The molecule has 3 aromatic rings. The molecule has 2 heterocycles. The van der Waals surface area contributed by atoms with Crippen molar-refractivity contribution >= 4 is 5.69 Å². The van der Waals surface area contributed by atoms with Gasteiger partial charge in [-0.15, -0.1) is 0 Å². The van der Waals surface area contributed by atoms with E-state index in [4.69, 9.17) is 4.74 Å². The summed E-state index contributed by atoms with van der Waals surface area (Å²) in [6.45, 7) is 0.639. The molecule has 6 heteroatoms. The summed E-state index contributed by atoms with van der Waals surface area (Å²) in [6, 6.07) is 13.7. The largest absolute Gasteiger partial charge is 0.481 e. The topological polar surface area (TPSA) is 64.9 Å². The van der Waals surface area contributed by atoms with Crippen molar-refractivity contribution in [2.24, 2.45) is 0 Å². The van der Waals surface area contributed by atoms with Gasteiger partial charge in [0.2, 0.25) is 5.88 Å². The Hall–Kier alpha value is -2.89. The van der Waals surface area contributed by atoms with Gasteiger partial charge in [0, 0.05) is 11.8 Å². The van der Waals surface area contributed by atoms with E-state index in [2.05, 4.69) is 20.4 Å². The average molecular weight is 281 g/mol. The maximum Gasteiger partial charge on any atom is 0.213 e. The SMILES string of the molecule is COc1cccc(CNc2ccc(-n3cncn3)cc2)n1. The summed E-state index contributed by atoms with van der Waals surface area (Å²) in [7, 11) is 1.61. The number of methoxy groups -OCH3 is 1. The number of nitrogens with zero attached hydrogens (tertiary/aromatic N) is 4. The Morgan fingerprint density at radius 2 is 2.00 bits per heavy atom. The van der Waals surface area contributed by atoms with Crippen LogP contribution in [0.1, 0.15) is 5.69 Å². The Morgan fingerprint density at radius 1 is 1.14 bits per heavy atom. The average Bonchev–Trinajstić information content (AvgIpc) is 3.08. The highest BCUT2D eigenvalue weighted by atomic mass is 16.5. The Bertz CT molecular complexity index is 694. The van der Waals surface area contributed by atoms with Gasteiger partial charge in [-0.05, 0) is 30.3 Å². The minimum Gasteiger partial charge on any atom is -0.481 e. The first-order chi connectivity index (χ1) is 10.3. The van der Waals surface area contributed by atoms with Gasteiger partial charge in [0.1, 0.15) is 12.7 Å². The third kappa shape index (κ3) is 3.17. The van der Waals surface area contributed by atoms with Crippen LogP contribution in [0.4, 0.5) is 5.69 Å². The molecule has 0 radical (unpaired) electrons. The molecule has 0 unspecified atom stereocenters. The quantitative estimate of drug-likeness (QED) is 0.777. The molecule has 0 amide bonds. The third-order valence-electron chi connectivity index (χ3n) is 3.01. The summed E-state index contributed by atoms with van der Waals surface area (Å²) in [5, 5.41) is 7.41. The maximum absolute atomic E-state index is 5.11. The van der Waals surface area contributed by atoms with Crippen molar-refractivity contribution in [3.63, 3.8) is 0 Å². The first kappa shape index (κ1) is 13.1. The third-order valence-corrected chi connectivity index (χ3v) is 3.01. The van der Waals surface area contributed by atoms with Crippen molar-refractivity contribution in [1.82, 2.24) is 19.7 Å². The standard InChI is InChI=1S/C15H15N5O/c1-21-15-4-2-3-13(19-15)9-17-12-5-7-14(8-6-12)20-11-16-10-18-20/h2-8,10-11,17H,9H2,1H3. The molecule has 1 N–H and O–H groups in total. The smallest absolute Gasteiger partial charge is 0.213 e. The van der Waals surface area contributed by atoms with Gasteiger partial charge in [-0.25, -0.2) is 14.6 Å². The van der Waals surface area contributed by atoms with Crippen molar-refractivity contribution in [2.45, 2.75) is 6.54 Å². The second kappa shape index (κ2) is 6.04. The molecule has 1 aromatic carbocycles. The van der Waals surface area contributed by atoms with Crippen LogP contribution in [0.25, 0.3) is 5.69 Å². The van der Waals surface area contributed by atoms with Crippen LogP contribution in [-0.4, -0.2) is 26.9 Å². The van der Waals surface area contributed by atoms with Gasteiger partial charge in [0.15, 0.2) is 0 Å². The van der Waals surface area contributed by atoms with Crippen molar-refractivity contribution < 1.29 is 4.74 Å². The first-order valence-electron chi connectivity index (χ1n) is 6.54. The number of nitrogens with one attached hydrogen (secondary N) is 1. The molecule has 0 saturated carbocycles. The Labute approximate surface area is 122 Å². The van der Waals surface area contributed by atoms with Gasteiger partial charge in [-0.2, -0.15) is 5.10 Å². The number of hydrogen-bond donors (Lipinski definition) is 1. The number of anilines is 1. The van der Waals surface area contributed by atoms with Gasteiger partial charge in [-0.1, -0.05) is 6.07 Å². The fourth-order valence-electron chi connectivity index (χ4n) is 1.94. The molecular weight excluding hydrogens is 266 g/mol. The zero-order chi connectivity index (χ0) is 14.5. The van der Waals surface area contributed by atoms with E-state index in [1.165, 1.54) is 6.33 Å². The number of hydrogen-bond acceptors (Lipinski definition) is 5. The summed E-state index contributed by atoms with van der Waals surface area (Å²) in [4.78, 5) is 8.29. The highest BCUT2D eigenvalue weighted by molar-refractivity contribution is 5.48. The minimum atomic E-state index is 0.621. The number of benzene rings is 1. The summed E-state index contributed by atoms with van der Waals surface area (Å²) in [5.74, 6) is 0.621. The molecule has 0 saturated heterocycles. The van der Waals surface area contributed by atoms with Gasteiger partial charge in [0.25, 0.3) is 0 Å². The highest BCUT2D eigenvalue weighted by Gasteiger charge is 2.00. The summed E-state index contributed by atoms with van der Waals surface area (Å²) >= 11 is 0. The van der Waals surface area contributed by atoms with Crippen LogP contribution in [0, 0.1) is 0 Å². The lowest BCUT2D eigenvalue weighted by atomic mass is 10.2. The van der Waals surface area contributed by atoms with Crippen molar-refractivity contribution in [3.05, 3.63) is 60.8 Å². The van der Waals surface area contributed by atoms with E-state index in [-0.39, 0.29) is 0 Å². The monoisotopic (exact) mass is 281 g/mol. The molecule has 0 spiro atoms. The molecule has 0 aliphatic heterocycles. The van der Waals surface area contributed by atoms with E-state index in [1.807, 2.05) is 42.5 Å². The lowest BCUT2D eigenvalue weighted by Gasteiger charge is -2.08. The van der Waals surface area contributed by atoms with E-state index < -0.39 is 0 Å². The minimum absolute atomic E-state index is 0.621. The molecule has 0 bridgehead atoms. The van der Waals surface area contributed by atoms with Crippen molar-refractivity contribution in [2.75, 3.05) is 12.4 Å². The molecule has 6 nitrogen and oxygen atoms in total. The molecule has 0 aliphatic rings. The summed E-state index contributed by atoms with van der Waals surface area (Å²) in [6.07, 6.45) is 3.18. The molecule has 0 aliphatic carbocycles. The van der Waals surface area contributed by atoms with Crippen LogP contribution in [0.2, 0.25) is 0 Å². The van der Waals surface area contributed by atoms with E-state index in [1.54, 1.807) is 18.1 Å². The lowest BCUT2D eigenvalue weighted by Crippen LogP contribution is -2.02. The van der Waals surface area contributed by atoms with Gasteiger partial charge in [0.05, 0.1) is 25.0 Å². The molecule has 106 valence electrons. The van der Waals surface area contributed by atoms with E-state index in [9.17, 15) is 0 Å². The summed E-state index contributed by atoms with van der Waals surface area (Å²) in [5.41, 5.74) is 2.91.